The molecule has 2 aliphatic rings. The Kier molecular flexibility index (Phi) is 6.69. The van der Waals surface area contributed by atoms with E-state index < -0.39 is 10.0 Å². The van der Waals surface area contributed by atoms with Gasteiger partial charge in [0.25, 0.3) is 0 Å². The van der Waals surface area contributed by atoms with Crippen LogP contribution < -0.4 is 19.1 Å². The first kappa shape index (κ1) is 23.7. The number of ether oxygens (including phenoxy) is 2. The highest BCUT2D eigenvalue weighted by atomic mass is 32.2. The summed E-state index contributed by atoms with van der Waals surface area (Å²) in [5, 5.41) is 0. The Labute approximate surface area is 207 Å². The molecule has 1 saturated heterocycles. The molecule has 2 aliphatic heterocycles. The molecule has 3 aromatic rings. The number of nitrogens with zero attached hydrogens (tertiary/aromatic N) is 2. The minimum Gasteiger partial charge on any atom is -0.454 e. The van der Waals surface area contributed by atoms with Gasteiger partial charge in [0.15, 0.2) is 11.5 Å². The van der Waals surface area contributed by atoms with Gasteiger partial charge in [-0.25, -0.2) is 13.1 Å². The van der Waals surface area contributed by atoms with Crippen molar-refractivity contribution in [2.24, 2.45) is 0 Å². The van der Waals surface area contributed by atoms with Crippen LogP contribution in [0.1, 0.15) is 22.7 Å². The van der Waals surface area contributed by atoms with Gasteiger partial charge in [-0.2, -0.15) is 0 Å². The SMILES string of the molecule is Cc1ccc(C)c(S(=O)(=O)NC[C@H](c2ccc3c(c2)OCO3)N2CCN(c3ccccc3)CC2)c1. The van der Waals surface area contributed by atoms with E-state index in [1.807, 2.05) is 50.2 Å². The number of nitrogens with one attached hydrogen (secondary N) is 1. The van der Waals surface area contributed by atoms with Crippen LogP contribution in [0.4, 0.5) is 5.69 Å². The maximum absolute atomic E-state index is 13.3. The summed E-state index contributed by atoms with van der Waals surface area (Å²) in [6.45, 7) is 7.58. The summed E-state index contributed by atoms with van der Waals surface area (Å²) < 4.78 is 40.5. The molecule has 184 valence electrons. The number of aryl methyl sites for hydroxylation is 2. The van der Waals surface area contributed by atoms with Gasteiger partial charge in [0.05, 0.1) is 4.90 Å². The second kappa shape index (κ2) is 9.89. The molecule has 0 amide bonds. The Morgan fingerprint density at radius 3 is 2.40 bits per heavy atom. The van der Waals surface area contributed by atoms with Crippen molar-refractivity contribution in [2.45, 2.75) is 24.8 Å². The van der Waals surface area contributed by atoms with E-state index in [2.05, 4.69) is 38.8 Å². The monoisotopic (exact) mass is 493 g/mol. The molecule has 7 nitrogen and oxygen atoms in total. The molecule has 0 aliphatic carbocycles. The second-order valence-electron chi connectivity index (χ2n) is 9.11. The Balaban J connectivity index is 1.37. The first-order valence-electron chi connectivity index (χ1n) is 11.9. The minimum atomic E-state index is -3.66. The van der Waals surface area contributed by atoms with Crippen molar-refractivity contribution in [3.05, 3.63) is 83.4 Å². The minimum absolute atomic E-state index is 0.137. The van der Waals surface area contributed by atoms with Crippen molar-refractivity contribution < 1.29 is 17.9 Å². The van der Waals surface area contributed by atoms with Gasteiger partial charge in [0, 0.05) is 44.5 Å². The summed E-state index contributed by atoms with van der Waals surface area (Å²) in [4.78, 5) is 5.05. The highest BCUT2D eigenvalue weighted by molar-refractivity contribution is 7.89. The van der Waals surface area contributed by atoms with E-state index in [0.717, 1.165) is 48.6 Å². The van der Waals surface area contributed by atoms with Gasteiger partial charge in [-0.15, -0.1) is 0 Å². The van der Waals surface area contributed by atoms with Gasteiger partial charge in [0.2, 0.25) is 16.8 Å². The number of para-hydroxylation sites is 1. The van der Waals surface area contributed by atoms with Crippen molar-refractivity contribution >= 4 is 15.7 Å². The zero-order valence-electron chi connectivity index (χ0n) is 20.1. The number of anilines is 1. The van der Waals surface area contributed by atoms with Crippen molar-refractivity contribution in [2.75, 3.05) is 44.4 Å². The lowest BCUT2D eigenvalue weighted by molar-refractivity contribution is 0.173. The summed E-state index contributed by atoms with van der Waals surface area (Å²) >= 11 is 0. The molecule has 0 radical (unpaired) electrons. The Morgan fingerprint density at radius 1 is 0.886 bits per heavy atom. The van der Waals surface area contributed by atoms with Crippen molar-refractivity contribution in [3.63, 3.8) is 0 Å². The van der Waals surface area contributed by atoms with E-state index >= 15 is 0 Å². The van der Waals surface area contributed by atoms with Crippen LogP contribution in [-0.4, -0.2) is 52.8 Å². The van der Waals surface area contributed by atoms with Gasteiger partial charge in [-0.1, -0.05) is 36.4 Å². The molecule has 2 heterocycles. The molecular formula is C27H31N3O4S. The summed E-state index contributed by atoms with van der Waals surface area (Å²) in [5.74, 6) is 1.42. The van der Waals surface area contributed by atoms with Gasteiger partial charge < -0.3 is 14.4 Å². The average molecular weight is 494 g/mol. The first-order chi connectivity index (χ1) is 16.9. The molecule has 0 unspecified atom stereocenters. The number of fused-ring (bicyclic) bond motifs is 1. The summed E-state index contributed by atoms with van der Waals surface area (Å²) in [5.41, 5.74) is 3.87. The fraction of sp³-hybridized carbons (Fsp3) is 0.333. The highest BCUT2D eigenvalue weighted by Crippen LogP contribution is 2.36. The maximum Gasteiger partial charge on any atom is 0.240 e. The molecule has 0 saturated carbocycles. The third-order valence-electron chi connectivity index (χ3n) is 6.76. The third-order valence-corrected chi connectivity index (χ3v) is 8.32. The Bertz CT molecular complexity index is 1290. The molecule has 0 spiro atoms. The van der Waals surface area contributed by atoms with E-state index in [-0.39, 0.29) is 19.4 Å². The van der Waals surface area contributed by atoms with E-state index in [1.165, 1.54) is 5.69 Å². The standard InChI is InChI=1S/C27H31N3O4S/c1-20-8-9-21(2)27(16-20)35(31,32)28-18-24(22-10-11-25-26(17-22)34-19-33-25)30-14-12-29(13-15-30)23-6-4-3-5-7-23/h3-11,16-17,24,28H,12-15,18-19H2,1-2H3/t24-/m1/s1. The van der Waals surface area contributed by atoms with Crippen LogP contribution in [0.5, 0.6) is 11.5 Å². The normalized spacial score (nSPS) is 16.9. The van der Waals surface area contributed by atoms with Crippen LogP contribution in [0.3, 0.4) is 0 Å². The molecular weight excluding hydrogens is 462 g/mol. The topological polar surface area (TPSA) is 71.1 Å². The lowest BCUT2D eigenvalue weighted by atomic mass is 10.0. The molecule has 1 fully saturated rings. The molecule has 5 rings (SSSR count). The van der Waals surface area contributed by atoms with Crippen molar-refractivity contribution in [1.29, 1.82) is 0 Å². The summed E-state index contributed by atoms with van der Waals surface area (Å²) in [6.07, 6.45) is 0. The molecule has 0 bridgehead atoms. The van der Waals surface area contributed by atoms with Crippen LogP contribution in [0.15, 0.2) is 71.6 Å². The van der Waals surface area contributed by atoms with E-state index in [1.54, 1.807) is 6.07 Å². The van der Waals surface area contributed by atoms with E-state index in [0.29, 0.717) is 10.6 Å². The van der Waals surface area contributed by atoms with Gasteiger partial charge in [-0.05, 0) is 60.9 Å². The third kappa shape index (κ3) is 5.15. The van der Waals surface area contributed by atoms with E-state index in [4.69, 9.17) is 9.47 Å². The van der Waals surface area contributed by atoms with Crippen molar-refractivity contribution in [1.82, 2.24) is 9.62 Å². The number of benzene rings is 3. The fourth-order valence-electron chi connectivity index (χ4n) is 4.77. The number of hydrogen-bond acceptors (Lipinski definition) is 6. The molecule has 1 N–H and O–H groups in total. The van der Waals surface area contributed by atoms with Crippen LogP contribution in [0.25, 0.3) is 0 Å². The largest absolute Gasteiger partial charge is 0.454 e. The number of rotatable bonds is 7. The molecule has 3 aromatic carbocycles. The number of hydrogen-bond donors (Lipinski definition) is 1. The Morgan fingerprint density at radius 2 is 1.63 bits per heavy atom. The molecule has 35 heavy (non-hydrogen) atoms. The molecule has 1 atom stereocenters. The maximum atomic E-state index is 13.3. The van der Waals surface area contributed by atoms with Crippen molar-refractivity contribution in [3.8, 4) is 11.5 Å². The molecule has 8 heteroatoms. The number of piperazine rings is 1. The predicted molar refractivity (Wildman–Crippen MR) is 137 cm³/mol. The summed E-state index contributed by atoms with van der Waals surface area (Å²) in [7, 11) is -3.66. The fourth-order valence-corrected chi connectivity index (χ4v) is 6.14. The molecule has 0 aromatic heterocycles. The lowest BCUT2D eigenvalue weighted by Gasteiger charge is -2.40. The quantitative estimate of drug-likeness (QED) is 0.539. The van der Waals surface area contributed by atoms with Gasteiger partial charge in [0.1, 0.15) is 0 Å². The zero-order valence-corrected chi connectivity index (χ0v) is 20.9. The van der Waals surface area contributed by atoms with Crippen LogP contribution in [-0.2, 0) is 10.0 Å². The van der Waals surface area contributed by atoms with Crippen LogP contribution in [0, 0.1) is 13.8 Å². The lowest BCUT2D eigenvalue weighted by Crippen LogP contribution is -2.49. The summed E-state index contributed by atoms with van der Waals surface area (Å²) in [6, 6.07) is 21.6. The highest BCUT2D eigenvalue weighted by Gasteiger charge is 2.29. The van der Waals surface area contributed by atoms with Gasteiger partial charge in [-0.3, -0.25) is 4.90 Å². The van der Waals surface area contributed by atoms with Crippen LogP contribution in [0.2, 0.25) is 0 Å². The van der Waals surface area contributed by atoms with Crippen LogP contribution >= 0.6 is 0 Å². The Hall–Kier alpha value is -3.07. The zero-order chi connectivity index (χ0) is 24.4. The van der Waals surface area contributed by atoms with E-state index in [9.17, 15) is 8.42 Å². The predicted octanol–water partition coefficient (Wildman–Crippen LogP) is 3.87. The smallest absolute Gasteiger partial charge is 0.240 e. The second-order valence-corrected chi connectivity index (χ2v) is 10.8. The number of sulfonamides is 1. The van der Waals surface area contributed by atoms with Gasteiger partial charge >= 0.3 is 0 Å². The first-order valence-corrected chi connectivity index (χ1v) is 13.4. The average Bonchev–Trinajstić information content (AvgIpc) is 3.35.